The normalized spacial score (nSPS) is 22.0. The van der Waals surface area contributed by atoms with Gasteiger partial charge in [-0.2, -0.15) is 0 Å². The van der Waals surface area contributed by atoms with E-state index in [1.54, 1.807) is 13.4 Å². The lowest BCUT2D eigenvalue weighted by Crippen LogP contribution is -2.42. The third-order valence-corrected chi connectivity index (χ3v) is 4.95. The molecule has 1 spiro atoms. The second kappa shape index (κ2) is 7.29. The predicted molar refractivity (Wildman–Crippen MR) is 83.8 cm³/mol. The molecule has 0 radical (unpaired) electrons. The molecule has 2 fully saturated rings. The number of aromatic nitrogens is 3. The monoisotopic (exact) mass is 336 g/mol. The van der Waals surface area contributed by atoms with Crippen molar-refractivity contribution in [2.45, 2.75) is 57.2 Å². The van der Waals surface area contributed by atoms with Crippen molar-refractivity contribution in [2.24, 2.45) is 5.92 Å². The molecular formula is C16H24N4O4. The highest BCUT2D eigenvalue weighted by atomic mass is 16.6. The van der Waals surface area contributed by atoms with E-state index in [0.29, 0.717) is 19.0 Å². The maximum absolute atomic E-state index is 12.6. The molecule has 0 bridgehead atoms. The van der Waals surface area contributed by atoms with E-state index >= 15 is 0 Å². The molecule has 1 aromatic rings. The van der Waals surface area contributed by atoms with Gasteiger partial charge in [-0.05, 0) is 32.1 Å². The SMILES string of the molecule is COCCCn1cnnc1CNC(=O)[C@@H]1CC(=O)OC12CCCC2. The summed E-state index contributed by atoms with van der Waals surface area (Å²) in [4.78, 5) is 24.3. The molecule has 1 amide bonds. The molecule has 132 valence electrons. The van der Waals surface area contributed by atoms with Gasteiger partial charge in [0, 0.05) is 20.3 Å². The topological polar surface area (TPSA) is 95.3 Å². The van der Waals surface area contributed by atoms with Crippen LogP contribution in [0.3, 0.4) is 0 Å². The molecule has 2 aliphatic rings. The lowest BCUT2D eigenvalue weighted by molar-refractivity contribution is -0.150. The highest BCUT2D eigenvalue weighted by Crippen LogP contribution is 2.45. The Balaban J connectivity index is 1.58. The summed E-state index contributed by atoms with van der Waals surface area (Å²) in [7, 11) is 1.66. The zero-order valence-electron chi connectivity index (χ0n) is 14.0. The second-order valence-corrected chi connectivity index (χ2v) is 6.51. The van der Waals surface area contributed by atoms with Crippen LogP contribution in [0.5, 0.6) is 0 Å². The highest BCUT2D eigenvalue weighted by Gasteiger charge is 2.53. The number of ether oxygens (including phenoxy) is 2. The average Bonchev–Trinajstić information content (AvgIpc) is 3.27. The first-order chi connectivity index (χ1) is 11.6. The number of carbonyl (C=O) groups is 2. The van der Waals surface area contributed by atoms with Crippen LogP contribution in [0.4, 0.5) is 0 Å². The maximum Gasteiger partial charge on any atom is 0.307 e. The Bertz CT molecular complexity index is 595. The highest BCUT2D eigenvalue weighted by molar-refractivity contribution is 5.87. The van der Waals surface area contributed by atoms with Crippen molar-refractivity contribution in [1.29, 1.82) is 0 Å². The third-order valence-electron chi connectivity index (χ3n) is 4.95. The van der Waals surface area contributed by atoms with Crippen molar-refractivity contribution in [3.63, 3.8) is 0 Å². The predicted octanol–water partition coefficient (Wildman–Crippen LogP) is 0.807. The van der Waals surface area contributed by atoms with Gasteiger partial charge in [0.05, 0.1) is 18.9 Å². The molecule has 1 atom stereocenters. The quantitative estimate of drug-likeness (QED) is 0.585. The largest absolute Gasteiger partial charge is 0.458 e. The Labute approximate surface area is 140 Å². The average molecular weight is 336 g/mol. The van der Waals surface area contributed by atoms with Crippen molar-refractivity contribution >= 4 is 11.9 Å². The number of hydrogen-bond donors (Lipinski definition) is 1. The van der Waals surface area contributed by atoms with Gasteiger partial charge in [0.2, 0.25) is 5.91 Å². The molecule has 1 aliphatic carbocycles. The van der Waals surface area contributed by atoms with Crippen molar-refractivity contribution in [2.75, 3.05) is 13.7 Å². The molecule has 0 aromatic carbocycles. The standard InChI is InChI=1S/C16H24N4O4/c1-23-8-4-7-20-11-18-19-13(20)10-17-15(22)12-9-14(21)24-16(12)5-2-3-6-16/h11-12H,2-10H2,1H3,(H,17,22)/t12-/m0/s1. The van der Waals surface area contributed by atoms with Crippen molar-refractivity contribution in [3.8, 4) is 0 Å². The van der Waals surface area contributed by atoms with Crippen LogP contribution in [-0.4, -0.2) is 46.0 Å². The van der Waals surface area contributed by atoms with Crippen LogP contribution in [0.15, 0.2) is 6.33 Å². The lowest BCUT2D eigenvalue weighted by atomic mass is 9.85. The first-order valence-corrected chi connectivity index (χ1v) is 8.50. The number of methoxy groups -OCH3 is 1. The zero-order valence-corrected chi connectivity index (χ0v) is 14.0. The molecule has 1 aromatic heterocycles. The number of esters is 1. The van der Waals surface area contributed by atoms with Gasteiger partial charge >= 0.3 is 5.97 Å². The molecule has 0 unspecified atom stereocenters. The van der Waals surface area contributed by atoms with E-state index in [0.717, 1.165) is 38.6 Å². The van der Waals surface area contributed by atoms with Crippen LogP contribution < -0.4 is 5.32 Å². The number of amides is 1. The minimum absolute atomic E-state index is 0.130. The molecule has 1 N–H and O–H groups in total. The van der Waals surface area contributed by atoms with Gasteiger partial charge in [0.25, 0.3) is 0 Å². The summed E-state index contributed by atoms with van der Waals surface area (Å²) in [6.07, 6.45) is 6.25. The number of aryl methyl sites for hydroxylation is 1. The zero-order chi connectivity index (χ0) is 17.0. The summed E-state index contributed by atoms with van der Waals surface area (Å²) in [5.74, 6) is -0.0866. The number of nitrogens with zero attached hydrogens (tertiary/aromatic N) is 3. The summed E-state index contributed by atoms with van der Waals surface area (Å²) in [5, 5.41) is 10.9. The fourth-order valence-electron chi connectivity index (χ4n) is 3.72. The molecule has 8 nitrogen and oxygen atoms in total. The van der Waals surface area contributed by atoms with Crippen LogP contribution in [0, 0.1) is 5.92 Å². The van der Waals surface area contributed by atoms with E-state index in [2.05, 4.69) is 15.5 Å². The Morgan fingerprint density at radius 3 is 3.04 bits per heavy atom. The molecule has 1 saturated carbocycles. The number of nitrogens with one attached hydrogen (secondary N) is 1. The number of hydrogen-bond acceptors (Lipinski definition) is 6. The third kappa shape index (κ3) is 3.43. The van der Waals surface area contributed by atoms with Crippen molar-refractivity contribution in [3.05, 3.63) is 12.2 Å². The fourth-order valence-corrected chi connectivity index (χ4v) is 3.72. The first-order valence-electron chi connectivity index (χ1n) is 8.50. The molecule has 1 aliphatic heterocycles. The van der Waals surface area contributed by atoms with E-state index in [-0.39, 0.29) is 18.3 Å². The van der Waals surface area contributed by atoms with Crippen molar-refractivity contribution < 1.29 is 19.1 Å². The molecular weight excluding hydrogens is 312 g/mol. The maximum atomic E-state index is 12.6. The van der Waals surface area contributed by atoms with Gasteiger partial charge in [-0.25, -0.2) is 0 Å². The first kappa shape index (κ1) is 16.9. The number of carbonyl (C=O) groups excluding carboxylic acids is 2. The molecule has 3 rings (SSSR count). The lowest BCUT2D eigenvalue weighted by Gasteiger charge is -2.27. The van der Waals surface area contributed by atoms with Gasteiger partial charge in [-0.1, -0.05) is 0 Å². The van der Waals surface area contributed by atoms with Gasteiger partial charge < -0.3 is 19.4 Å². The summed E-state index contributed by atoms with van der Waals surface area (Å²) >= 11 is 0. The van der Waals surface area contributed by atoms with E-state index in [4.69, 9.17) is 9.47 Å². The van der Waals surface area contributed by atoms with E-state index in [1.807, 2.05) is 4.57 Å². The minimum Gasteiger partial charge on any atom is -0.458 e. The summed E-state index contributed by atoms with van der Waals surface area (Å²) in [5.41, 5.74) is -0.576. The molecule has 8 heteroatoms. The Kier molecular flexibility index (Phi) is 5.13. The summed E-state index contributed by atoms with van der Waals surface area (Å²) in [6, 6.07) is 0. The molecule has 1 saturated heterocycles. The van der Waals surface area contributed by atoms with Gasteiger partial charge in [0.15, 0.2) is 5.82 Å². The Morgan fingerprint density at radius 1 is 1.50 bits per heavy atom. The molecule has 24 heavy (non-hydrogen) atoms. The summed E-state index contributed by atoms with van der Waals surface area (Å²) in [6.45, 7) is 1.70. The Morgan fingerprint density at radius 2 is 2.29 bits per heavy atom. The van der Waals surface area contributed by atoms with Gasteiger partial charge in [0.1, 0.15) is 11.9 Å². The second-order valence-electron chi connectivity index (χ2n) is 6.51. The van der Waals surface area contributed by atoms with Gasteiger partial charge in [-0.3, -0.25) is 9.59 Å². The van der Waals surface area contributed by atoms with Crippen LogP contribution in [0.1, 0.15) is 44.3 Å². The summed E-state index contributed by atoms with van der Waals surface area (Å²) < 4.78 is 12.5. The van der Waals surface area contributed by atoms with Crippen LogP contribution in [-0.2, 0) is 32.2 Å². The van der Waals surface area contributed by atoms with Crippen LogP contribution >= 0.6 is 0 Å². The minimum atomic E-state index is -0.576. The van der Waals surface area contributed by atoms with E-state index in [1.165, 1.54) is 0 Å². The van der Waals surface area contributed by atoms with E-state index in [9.17, 15) is 9.59 Å². The van der Waals surface area contributed by atoms with Gasteiger partial charge in [-0.15, -0.1) is 10.2 Å². The smallest absolute Gasteiger partial charge is 0.307 e. The van der Waals surface area contributed by atoms with Crippen LogP contribution in [0.25, 0.3) is 0 Å². The van der Waals surface area contributed by atoms with Crippen molar-refractivity contribution in [1.82, 2.24) is 20.1 Å². The molecule has 2 heterocycles. The number of rotatable bonds is 7. The fraction of sp³-hybridized carbons (Fsp3) is 0.750. The van der Waals surface area contributed by atoms with Crippen LogP contribution in [0.2, 0.25) is 0 Å². The Hall–Kier alpha value is -1.96. The van der Waals surface area contributed by atoms with E-state index < -0.39 is 11.5 Å².